The zero-order chi connectivity index (χ0) is 13.4. The number of carbonyl (C=O) groups is 2. The molecule has 5 nitrogen and oxygen atoms in total. The molecule has 1 radical (unpaired) electrons. The largest absolute Gasteiger partial charge is 0.371 e. The minimum absolute atomic E-state index is 0.208. The molecule has 2 aliphatic heterocycles. The maximum absolute atomic E-state index is 11.7. The highest BCUT2D eigenvalue weighted by molar-refractivity contribution is 6.05. The van der Waals surface area contributed by atoms with Gasteiger partial charge < -0.3 is 4.90 Å². The highest BCUT2D eigenvalue weighted by Crippen LogP contribution is 2.27. The Balaban J connectivity index is 1.72. The standard InChI is InChI=1S/C14H16N3O2/c1-10-8-16(9-10)11-2-4-12(5-3-11)17-7-6-13(18)15-14(17)19/h2-5,10H,1,6-9H2,(H,15,18,19). The van der Waals surface area contributed by atoms with Crippen molar-refractivity contribution >= 4 is 23.3 Å². The van der Waals surface area contributed by atoms with Gasteiger partial charge in [0.15, 0.2) is 0 Å². The number of rotatable bonds is 2. The van der Waals surface area contributed by atoms with Gasteiger partial charge in [-0.2, -0.15) is 0 Å². The molecule has 3 amide bonds. The number of amides is 3. The van der Waals surface area contributed by atoms with E-state index in [1.807, 2.05) is 24.3 Å². The number of benzene rings is 1. The zero-order valence-corrected chi connectivity index (χ0v) is 10.6. The first-order valence-electron chi connectivity index (χ1n) is 6.43. The Bertz CT molecular complexity index is 506. The van der Waals surface area contributed by atoms with Gasteiger partial charge in [0.05, 0.1) is 0 Å². The van der Waals surface area contributed by atoms with E-state index in [9.17, 15) is 9.59 Å². The average molecular weight is 258 g/mol. The van der Waals surface area contributed by atoms with E-state index in [4.69, 9.17) is 0 Å². The van der Waals surface area contributed by atoms with Crippen molar-refractivity contribution in [3.63, 3.8) is 0 Å². The Morgan fingerprint density at radius 3 is 2.32 bits per heavy atom. The van der Waals surface area contributed by atoms with E-state index in [0.717, 1.165) is 24.5 Å². The maximum atomic E-state index is 11.7. The Morgan fingerprint density at radius 1 is 1.11 bits per heavy atom. The molecule has 0 aromatic heterocycles. The quantitative estimate of drug-likeness (QED) is 0.872. The lowest BCUT2D eigenvalue weighted by atomic mass is 10.0. The molecule has 2 fully saturated rings. The lowest BCUT2D eigenvalue weighted by molar-refractivity contribution is -0.120. The number of imide groups is 1. The van der Waals surface area contributed by atoms with Gasteiger partial charge in [0.25, 0.3) is 0 Å². The summed E-state index contributed by atoms with van der Waals surface area (Å²) >= 11 is 0. The summed E-state index contributed by atoms with van der Waals surface area (Å²) < 4.78 is 0. The molecule has 3 rings (SSSR count). The van der Waals surface area contributed by atoms with Gasteiger partial charge in [-0.25, -0.2) is 4.79 Å². The van der Waals surface area contributed by atoms with Crippen LogP contribution in [0, 0.1) is 12.8 Å². The van der Waals surface area contributed by atoms with Crippen LogP contribution in [0.2, 0.25) is 0 Å². The van der Waals surface area contributed by atoms with Crippen LogP contribution in [0.15, 0.2) is 24.3 Å². The van der Waals surface area contributed by atoms with Crippen molar-refractivity contribution in [2.24, 2.45) is 5.92 Å². The third kappa shape index (κ3) is 2.28. The highest BCUT2D eigenvalue weighted by atomic mass is 16.2. The van der Waals surface area contributed by atoms with Crippen LogP contribution in [0.25, 0.3) is 0 Å². The summed E-state index contributed by atoms with van der Waals surface area (Å²) in [6, 6.07) is 7.50. The second-order valence-electron chi connectivity index (χ2n) is 5.04. The van der Waals surface area contributed by atoms with Crippen LogP contribution in [-0.2, 0) is 4.79 Å². The Morgan fingerprint density at radius 2 is 1.74 bits per heavy atom. The van der Waals surface area contributed by atoms with E-state index < -0.39 is 0 Å². The lowest BCUT2D eigenvalue weighted by Gasteiger charge is -2.39. The Hall–Kier alpha value is -2.04. The molecular weight excluding hydrogens is 242 g/mol. The van der Waals surface area contributed by atoms with Gasteiger partial charge >= 0.3 is 6.03 Å². The molecule has 19 heavy (non-hydrogen) atoms. The van der Waals surface area contributed by atoms with Crippen molar-refractivity contribution in [3.8, 4) is 0 Å². The maximum Gasteiger partial charge on any atom is 0.328 e. The SMILES string of the molecule is [CH2]C1CN(c2ccc(N3CCC(=O)NC3=O)cc2)C1. The molecule has 2 heterocycles. The molecule has 0 bridgehead atoms. The first-order valence-corrected chi connectivity index (χ1v) is 6.43. The Kier molecular flexibility index (Phi) is 2.89. The molecule has 0 atom stereocenters. The highest BCUT2D eigenvalue weighted by Gasteiger charge is 2.25. The molecule has 2 saturated heterocycles. The molecule has 1 N–H and O–H groups in total. The predicted molar refractivity (Wildman–Crippen MR) is 73.0 cm³/mol. The van der Waals surface area contributed by atoms with Crippen molar-refractivity contribution in [2.75, 3.05) is 29.4 Å². The van der Waals surface area contributed by atoms with E-state index in [1.165, 1.54) is 0 Å². The smallest absolute Gasteiger partial charge is 0.328 e. The summed E-state index contributed by atoms with van der Waals surface area (Å²) in [4.78, 5) is 26.6. The third-order valence-electron chi connectivity index (χ3n) is 3.54. The summed E-state index contributed by atoms with van der Waals surface area (Å²) in [5.74, 6) is 0.304. The second-order valence-corrected chi connectivity index (χ2v) is 5.04. The number of urea groups is 1. The molecule has 0 aliphatic carbocycles. The van der Waals surface area contributed by atoms with Gasteiger partial charge in [-0.05, 0) is 37.1 Å². The van der Waals surface area contributed by atoms with Crippen LogP contribution in [0.3, 0.4) is 0 Å². The number of anilines is 2. The molecule has 1 aromatic rings. The van der Waals surface area contributed by atoms with E-state index in [0.29, 0.717) is 18.9 Å². The monoisotopic (exact) mass is 258 g/mol. The topological polar surface area (TPSA) is 52.6 Å². The van der Waals surface area contributed by atoms with Gasteiger partial charge in [-0.3, -0.25) is 15.0 Å². The van der Waals surface area contributed by atoms with Crippen LogP contribution >= 0.6 is 0 Å². The summed E-state index contributed by atoms with van der Waals surface area (Å²) in [6.07, 6.45) is 0.350. The van der Waals surface area contributed by atoms with Crippen molar-refractivity contribution < 1.29 is 9.59 Å². The van der Waals surface area contributed by atoms with Gasteiger partial charge in [-0.1, -0.05) is 0 Å². The van der Waals surface area contributed by atoms with Gasteiger partial charge in [0.1, 0.15) is 0 Å². The van der Waals surface area contributed by atoms with Crippen LogP contribution in [0.4, 0.5) is 16.2 Å². The minimum Gasteiger partial charge on any atom is -0.371 e. The van der Waals surface area contributed by atoms with Gasteiger partial charge in [0, 0.05) is 37.4 Å². The number of hydrogen-bond donors (Lipinski definition) is 1. The lowest BCUT2D eigenvalue weighted by Crippen LogP contribution is -2.49. The van der Waals surface area contributed by atoms with E-state index >= 15 is 0 Å². The van der Waals surface area contributed by atoms with Crippen molar-refractivity contribution in [1.82, 2.24) is 5.32 Å². The third-order valence-corrected chi connectivity index (χ3v) is 3.54. The molecular formula is C14H16N3O2. The molecule has 0 saturated carbocycles. The summed E-state index contributed by atoms with van der Waals surface area (Å²) in [6.45, 7) is 6.40. The average Bonchev–Trinajstić information content (AvgIpc) is 2.36. The van der Waals surface area contributed by atoms with E-state index in [-0.39, 0.29) is 11.9 Å². The molecule has 0 spiro atoms. The van der Waals surface area contributed by atoms with Crippen LogP contribution in [0.1, 0.15) is 6.42 Å². The normalized spacial score (nSPS) is 20.3. The number of carbonyl (C=O) groups excluding carboxylic acids is 2. The predicted octanol–water partition coefficient (Wildman–Crippen LogP) is 1.40. The van der Waals surface area contributed by atoms with Crippen LogP contribution < -0.4 is 15.1 Å². The van der Waals surface area contributed by atoms with Crippen molar-refractivity contribution in [1.29, 1.82) is 0 Å². The summed E-state index contributed by atoms with van der Waals surface area (Å²) in [5.41, 5.74) is 1.97. The number of nitrogens with one attached hydrogen (secondary N) is 1. The van der Waals surface area contributed by atoms with Crippen LogP contribution in [-0.4, -0.2) is 31.6 Å². The first-order chi connectivity index (χ1) is 9.13. The second kappa shape index (κ2) is 4.57. The van der Waals surface area contributed by atoms with Gasteiger partial charge in [-0.15, -0.1) is 0 Å². The molecule has 5 heteroatoms. The van der Waals surface area contributed by atoms with Gasteiger partial charge in [0.2, 0.25) is 5.91 Å². The Labute approximate surface area is 112 Å². The molecule has 1 aromatic carbocycles. The van der Waals surface area contributed by atoms with Crippen LogP contribution in [0.5, 0.6) is 0 Å². The summed E-state index contributed by atoms with van der Waals surface area (Å²) in [5, 5.41) is 2.32. The van der Waals surface area contributed by atoms with Crippen molar-refractivity contribution in [2.45, 2.75) is 6.42 Å². The number of hydrogen-bond acceptors (Lipinski definition) is 3. The molecule has 0 unspecified atom stereocenters. The van der Waals surface area contributed by atoms with Crippen molar-refractivity contribution in [3.05, 3.63) is 31.2 Å². The fourth-order valence-corrected chi connectivity index (χ4v) is 2.43. The summed E-state index contributed by atoms with van der Waals surface area (Å²) in [7, 11) is 0. The van der Waals surface area contributed by atoms with E-state index in [2.05, 4.69) is 17.1 Å². The first kappa shape index (κ1) is 12.0. The zero-order valence-electron chi connectivity index (χ0n) is 10.6. The fraction of sp³-hybridized carbons (Fsp3) is 0.357. The van der Waals surface area contributed by atoms with E-state index in [1.54, 1.807) is 4.90 Å². The minimum atomic E-state index is -0.342. The number of nitrogens with zero attached hydrogens (tertiary/aromatic N) is 2. The fourth-order valence-electron chi connectivity index (χ4n) is 2.43. The molecule has 2 aliphatic rings. The molecule has 99 valence electrons.